The Balaban J connectivity index is 1.72. The molecule has 1 amide bonds. The molecule has 1 saturated heterocycles. The van der Waals surface area contributed by atoms with Crippen molar-refractivity contribution in [2.45, 2.75) is 37.8 Å². The largest absolute Gasteiger partial charge is 0.611 e. The lowest BCUT2D eigenvalue weighted by Gasteiger charge is -2.46. The molecule has 0 aliphatic carbocycles. The van der Waals surface area contributed by atoms with E-state index in [2.05, 4.69) is 16.8 Å². The highest BCUT2D eigenvalue weighted by atomic mass is 35.5. The van der Waals surface area contributed by atoms with Gasteiger partial charge in [0.05, 0.1) is 11.6 Å². The lowest BCUT2D eigenvalue weighted by molar-refractivity contribution is -0.139. The zero-order valence-electron chi connectivity index (χ0n) is 18.1. The van der Waals surface area contributed by atoms with Crippen LogP contribution in [0.1, 0.15) is 31.1 Å². The zero-order chi connectivity index (χ0) is 23.4. The number of hydrogen-bond donors (Lipinski definition) is 0. The summed E-state index contributed by atoms with van der Waals surface area (Å²) >= 11 is 10.7. The van der Waals surface area contributed by atoms with E-state index in [1.807, 2.05) is 24.0 Å². The molecule has 0 bridgehead atoms. The van der Waals surface area contributed by atoms with Gasteiger partial charge in [0.25, 0.3) is 5.91 Å². The van der Waals surface area contributed by atoms with E-state index in [1.54, 1.807) is 19.2 Å². The second-order valence-corrected chi connectivity index (χ2v) is 9.66. The van der Waals surface area contributed by atoms with Crippen LogP contribution >= 0.6 is 23.2 Å². The van der Waals surface area contributed by atoms with Gasteiger partial charge in [-0.1, -0.05) is 23.2 Å². The highest BCUT2D eigenvalue weighted by molar-refractivity contribution is 7.92. The first-order valence-electron chi connectivity index (χ1n) is 10.3. The van der Waals surface area contributed by atoms with Crippen LogP contribution in [0.3, 0.4) is 0 Å². The van der Waals surface area contributed by atoms with Crippen molar-refractivity contribution < 1.29 is 18.9 Å². The van der Waals surface area contributed by atoms with Crippen LogP contribution in [-0.2, 0) is 20.7 Å². The summed E-state index contributed by atoms with van der Waals surface area (Å²) in [6.07, 6.45) is 1.67. The van der Waals surface area contributed by atoms with Gasteiger partial charge in [0.2, 0.25) is 5.75 Å². The lowest BCUT2D eigenvalue weighted by atomic mass is 10.0. The third-order valence-corrected chi connectivity index (χ3v) is 7.52. The predicted molar refractivity (Wildman–Crippen MR) is 126 cm³/mol. The molecule has 0 radical (unpaired) electrons. The van der Waals surface area contributed by atoms with Crippen molar-refractivity contribution >= 4 is 51.9 Å². The first kappa shape index (κ1) is 24.6. The molecule has 1 aliphatic heterocycles. The fourth-order valence-corrected chi connectivity index (χ4v) is 5.29. The highest BCUT2D eigenvalue weighted by Crippen LogP contribution is 2.28. The summed E-state index contributed by atoms with van der Waals surface area (Å²) in [5.74, 6) is -0.990. The summed E-state index contributed by atoms with van der Waals surface area (Å²) in [4.78, 5) is 33.2. The Bertz CT molecular complexity index is 993. The molecule has 172 valence electrons. The second kappa shape index (κ2) is 10.7. The Kier molecular flexibility index (Phi) is 8.27. The molecule has 32 heavy (non-hydrogen) atoms. The maximum Gasteiger partial charge on any atom is 0.356 e. The van der Waals surface area contributed by atoms with Crippen molar-refractivity contribution in [3.05, 3.63) is 52.3 Å². The van der Waals surface area contributed by atoms with Crippen molar-refractivity contribution in [2.24, 2.45) is 0 Å². The number of carbonyl (C=O) groups excluding carboxylic acids is 2. The summed E-state index contributed by atoms with van der Waals surface area (Å²) in [5, 5.41) is 0.611. The lowest BCUT2D eigenvalue weighted by Crippen LogP contribution is -2.59. The average molecular weight is 498 g/mol. The van der Waals surface area contributed by atoms with Gasteiger partial charge in [-0.3, -0.25) is 4.79 Å². The van der Waals surface area contributed by atoms with Gasteiger partial charge in [0.1, 0.15) is 5.15 Å². The van der Waals surface area contributed by atoms with Gasteiger partial charge in [-0.2, -0.15) is 0 Å². The quantitative estimate of drug-likeness (QED) is 0.342. The number of ether oxygens (including phenoxy) is 1. The number of anilines is 1. The molecule has 1 fully saturated rings. The molecule has 0 spiro atoms. The van der Waals surface area contributed by atoms with Gasteiger partial charge in [0.15, 0.2) is 4.90 Å². The summed E-state index contributed by atoms with van der Waals surface area (Å²) in [7, 11) is 0. The number of pyridine rings is 1. The fourth-order valence-electron chi connectivity index (χ4n) is 3.74. The number of aromatic nitrogens is 1. The molecule has 0 N–H and O–H groups in total. The zero-order valence-corrected chi connectivity index (χ0v) is 20.4. The maximum atomic E-state index is 13.2. The third kappa shape index (κ3) is 5.49. The van der Waals surface area contributed by atoms with Gasteiger partial charge in [-0.05, 0) is 62.3 Å². The van der Waals surface area contributed by atoms with E-state index in [1.165, 1.54) is 12.1 Å². The molecule has 2 heterocycles. The molecule has 1 aliphatic rings. The fraction of sp³-hybridized carbons (Fsp3) is 0.409. The van der Waals surface area contributed by atoms with E-state index in [9.17, 15) is 14.1 Å². The minimum absolute atomic E-state index is 0.0537. The number of benzene rings is 1. The monoisotopic (exact) mass is 497 g/mol. The minimum Gasteiger partial charge on any atom is -0.611 e. The smallest absolute Gasteiger partial charge is 0.356 e. The molecule has 3 atom stereocenters. The summed E-state index contributed by atoms with van der Waals surface area (Å²) in [6, 6.07) is 8.35. The molecular weight excluding hydrogens is 473 g/mol. The topological polar surface area (TPSA) is 85.8 Å². The van der Waals surface area contributed by atoms with E-state index in [4.69, 9.17) is 27.9 Å². The van der Waals surface area contributed by atoms with Crippen molar-refractivity contribution in [1.29, 1.82) is 0 Å². The number of piperazine rings is 1. The molecule has 0 saturated carbocycles. The van der Waals surface area contributed by atoms with Crippen LogP contribution < -0.4 is 4.90 Å². The second-order valence-electron chi connectivity index (χ2n) is 7.45. The first-order valence-corrected chi connectivity index (χ1v) is 12.3. The van der Waals surface area contributed by atoms with Crippen molar-refractivity contribution in [1.82, 2.24) is 9.88 Å². The molecule has 2 aromatic rings. The summed E-state index contributed by atoms with van der Waals surface area (Å²) in [6.45, 7) is 7.14. The SMILES string of the molecule is CCOC(=O)C[S+]([O-])c1ccc(C(=O)N2CCN(c3ccnc(Cl)c3)C(C)C2C)cc1Cl. The Morgan fingerprint density at radius 3 is 2.59 bits per heavy atom. The maximum absolute atomic E-state index is 13.2. The normalized spacial score (nSPS) is 19.6. The van der Waals surface area contributed by atoms with Crippen molar-refractivity contribution in [3.8, 4) is 0 Å². The van der Waals surface area contributed by atoms with E-state index in [-0.39, 0.29) is 35.4 Å². The Morgan fingerprint density at radius 2 is 1.94 bits per heavy atom. The number of esters is 1. The number of carbonyl (C=O) groups is 2. The van der Waals surface area contributed by atoms with Gasteiger partial charge in [0, 0.05) is 42.6 Å². The molecule has 7 nitrogen and oxygen atoms in total. The third-order valence-electron chi connectivity index (χ3n) is 5.54. The van der Waals surface area contributed by atoms with Crippen LogP contribution in [0.15, 0.2) is 41.4 Å². The summed E-state index contributed by atoms with van der Waals surface area (Å²) in [5.41, 5.74) is 1.37. The van der Waals surface area contributed by atoms with Crippen LogP contribution in [-0.4, -0.2) is 63.8 Å². The number of rotatable bonds is 6. The summed E-state index contributed by atoms with van der Waals surface area (Å²) < 4.78 is 17.3. The Labute approximate surface area is 200 Å². The molecule has 1 aromatic heterocycles. The number of hydrogen-bond acceptors (Lipinski definition) is 6. The molecule has 3 unspecified atom stereocenters. The Morgan fingerprint density at radius 1 is 1.19 bits per heavy atom. The van der Waals surface area contributed by atoms with E-state index < -0.39 is 17.1 Å². The van der Waals surface area contributed by atoms with Gasteiger partial charge in [-0.25, -0.2) is 9.78 Å². The van der Waals surface area contributed by atoms with Gasteiger partial charge >= 0.3 is 5.97 Å². The van der Waals surface area contributed by atoms with Crippen LogP contribution in [0.4, 0.5) is 5.69 Å². The average Bonchev–Trinajstić information content (AvgIpc) is 2.75. The Hall–Kier alpha value is -2.00. The van der Waals surface area contributed by atoms with E-state index >= 15 is 0 Å². The van der Waals surface area contributed by atoms with Crippen LogP contribution in [0.2, 0.25) is 10.2 Å². The first-order chi connectivity index (χ1) is 15.2. The van der Waals surface area contributed by atoms with Crippen molar-refractivity contribution in [3.63, 3.8) is 0 Å². The molecular formula is C22H25Cl2N3O4S. The minimum atomic E-state index is -1.65. The van der Waals surface area contributed by atoms with Crippen LogP contribution in [0.25, 0.3) is 0 Å². The molecule has 1 aromatic carbocycles. The molecule has 3 rings (SSSR count). The number of halogens is 2. The number of amides is 1. The highest BCUT2D eigenvalue weighted by Gasteiger charge is 2.34. The molecule has 10 heteroatoms. The van der Waals surface area contributed by atoms with Crippen LogP contribution in [0.5, 0.6) is 0 Å². The predicted octanol–water partition coefficient (Wildman–Crippen LogP) is 3.80. The van der Waals surface area contributed by atoms with E-state index in [0.717, 1.165) is 5.69 Å². The standard InChI is InChI=1S/C22H25Cl2N3O4S/c1-4-31-21(28)13-32(30)19-6-5-16(11-18(19)23)22(29)27-10-9-26(14(2)15(27)3)17-7-8-25-20(24)12-17/h5-8,11-12,14-15H,4,9-10,13H2,1-3H3. The van der Waals surface area contributed by atoms with Crippen LogP contribution in [0, 0.1) is 0 Å². The van der Waals surface area contributed by atoms with Gasteiger partial charge < -0.3 is 19.1 Å². The number of nitrogens with zero attached hydrogens (tertiary/aromatic N) is 3. The van der Waals surface area contributed by atoms with Crippen molar-refractivity contribution in [2.75, 3.05) is 30.3 Å². The van der Waals surface area contributed by atoms with E-state index in [0.29, 0.717) is 28.7 Å². The van der Waals surface area contributed by atoms with Gasteiger partial charge in [-0.15, -0.1) is 0 Å².